The summed E-state index contributed by atoms with van der Waals surface area (Å²) in [5.41, 5.74) is 0. The van der Waals surface area contributed by atoms with Crippen molar-refractivity contribution in [3.05, 3.63) is 0 Å². The van der Waals surface area contributed by atoms with E-state index in [1.807, 2.05) is 0 Å². The Labute approximate surface area is 85.8 Å². The summed E-state index contributed by atoms with van der Waals surface area (Å²) in [6.45, 7) is 3.31. The highest BCUT2D eigenvalue weighted by atomic mass is 16.5. The van der Waals surface area contributed by atoms with Crippen molar-refractivity contribution in [2.75, 3.05) is 26.9 Å². The van der Waals surface area contributed by atoms with E-state index in [0.717, 1.165) is 12.8 Å². The van der Waals surface area contributed by atoms with Gasteiger partial charge in [0.25, 0.3) is 0 Å². The van der Waals surface area contributed by atoms with E-state index < -0.39 is 12.2 Å². The van der Waals surface area contributed by atoms with Gasteiger partial charge >= 0.3 is 0 Å². The zero-order chi connectivity index (χ0) is 10.8. The predicted octanol–water partition coefficient (Wildman–Crippen LogP) is 0.561. The van der Waals surface area contributed by atoms with E-state index in [0.29, 0.717) is 19.6 Å². The van der Waals surface area contributed by atoms with Gasteiger partial charge in [0.1, 0.15) is 0 Å². The van der Waals surface area contributed by atoms with Gasteiger partial charge in [-0.1, -0.05) is 13.3 Å². The number of hydrogen-bond donors (Lipinski definition) is 2. The van der Waals surface area contributed by atoms with Gasteiger partial charge in [0.2, 0.25) is 0 Å². The van der Waals surface area contributed by atoms with Crippen molar-refractivity contribution in [2.24, 2.45) is 0 Å². The number of methoxy groups -OCH3 is 1. The Morgan fingerprint density at radius 2 is 1.79 bits per heavy atom. The van der Waals surface area contributed by atoms with Crippen LogP contribution in [0.3, 0.4) is 0 Å². The van der Waals surface area contributed by atoms with Crippen molar-refractivity contribution in [3.63, 3.8) is 0 Å². The van der Waals surface area contributed by atoms with E-state index in [4.69, 9.17) is 9.47 Å². The number of aliphatic hydroxyl groups is 2. The van der Waals surface area contributed by atoms with Crippen molar-refractivity contribution in [2.45, 2.75) is 38.4 Å². The first kappa shape index (κ1) is 13.8. The van der Waals surface area contributed by atoms with Crippen molar-refractivity contribution < 1.29 is 19.7 Å². The summed E-state index contributed by atoms with van der Waals surface area (Å²) in [4.78, 5) is 0. The van der Waals surface area contributed by atoms with Crippen LogP contribution in [0.25, 0.3) is 0 Å². The molecule has 0 aromatic rings. The molecule has 0 fully saturated rings. The lowest BCUT2D eigenvalue weighted by atomic mass is 10.2. The molecule has 0 bridgehead atoms. The minimum atomic E-state index is -0.607. The number of rotatable bonds is 9. The van der Waals surface area contributed by atoms with Gasteiger partial charge in [-0.15, -0.1) is 0 Å². The smallest absolute Gasteiger partial charge is 0.0799 e. The molecule has 86 valence electrons. The minimum Gasteiger partial charge on any atom is -0.391 e. The molecule has 0 heterocycles. The Balaban J connectivity index is 3.30. The first-order valence-corrected chi connectivity index (χ1v) is 5.13. The second-order valence-corrected chi connectivity index (χ2v) is 3.43. The fraction of sp³-hybridized carbons (Fsp3) is 1.00. The first-order valence-electron chi connectivity index (χ1n) is 5.13. The molecule has 0 aliphatic carbocycles. The lowest BCUT2D eigenvalue weighted by molar-refractivity contribution is -0.0130. The van der Waals surface area contributed by atoms with Gasteiger partial charge < -0.3 is 19.7 Å². The third-order valence-electron chi connectivity index (χ3n) is 1.86. The second-order valence-electron chi connectivity index (χ2n) is 3.43. The summed E-state index contributed by atoms with van der Waals surface area (Å²) >= 11 is 0. The van der Waals surface area contributed by atoms with Crippen molar-refractivity contribution in [3.8, 4) is 0 Å². The van der Waals surface area contributed by atoms with E-state index in [1.165, 1.54) is 7.11 Å². The first-order chi connectivity index (χ1) is 6.70. The molecule has 0 aliphatic rings. The molecule has 4 nitrogen and oxygen atoms in total. The largest absolute Gasteiger partial charge is 0.391 e. The third kappa shape index (κ3) is 8.44. The zero-order valence-corrected chi connectivity index (χ0v) is 9.11. The Bertz CT molecular complexity index is 119. The lowest BCUT2D eigenvalue weighted by Crippen LogP contribution is -2.25. The van der Waals surface area contributed by atoms with Crippen LogP contribution >= 0.6 is 0 Å². The molecule has 14 heavy (non-hydrogen) atoms. The summed E-state index contributed by atoms with van der Waals surface area (Å²) in [7, 11) is 1.52. The highest BCUT2D eigenvalue weighted by Crippen LogP contribution is 2.00. The average molecular weight is 206 g/mol. The molecule has 0 rings (SSSR count). The summed E-state index contributed by atoms with van der Waals surface area (Å²) in [6, 6.07) is 0. The van der Waals surface area contributed by atoms with Crippen molar-refractivity contribution in [1.29, 1.82) is 0 Å². The van der Waals surface area contributed by atoms with Gasteiger partial charge in [-0.25, -0.2) is 0 Å². The van der Waals surface area contributed by atoms with E-state index in [-0.39, 0.29) is 6.61 Å². The molecule has 0 spiro atoms. The van der Waals surface area contributed by atoms with Gasteiger partial charge in [0.15, 0.2) is 0 Å². The van der Waals surface area contributed by atoms with Crippen molar-refractivity contribution in [1.82, 2.24) is 0 Å². The van der Waals surface area contributed by atoms with Crippen molar-refractivity contribution >= 4 is 0 Å². The quantitative estimate of drug-likeness (QED) is 0.541. The SMILES string of the molecule is CCCCOCC(O)CC(O)COC. The number of hydrogen-bond acceptors (Lipinski definition) is 4. The van der Waals surface area contributed by atoms with Crippen LogP contribution < -0.4 is 0 Å². The van der Waals surface area contributed by atoms with E-state index in [9.17, 15) is 10.2 Å². The minimum absolute atomic E-state index is 0.256. The third-order valence-corrected chi connectivity index (χ3v) is 1.86. The number of aliphatic hydroxyl groups excluding tert-OH is 2. The molecule has 0 radical (unpaired) electrons. The topological polar surface area (TPSA) is 58.9 Å². The normalized spacial score (nSPS) is 15.4. The summed E-state index contributed by atoms with van der Waals surface area (Å²) in [5, 5.41) is 18.7. The Kier molecular flexibility index (Phi) is 9.29. The van der Waals surface area contributed by atoms with E-state index in [1.54, 1.807) is 0 Å². The van der Waals surface area contributed by atoms with Crippen LogP contribution in [-0.4, -0.2) is 49.4 Å². The standard InChI is InChI=1S/C10H22O4/c1-3-4-5-14-8-10(12)6-9(11)7-13-2/h9-12H,3-8H2,1-2H3. The molecular weight excluding hydrogens is 184 g/mol. The van der Waals surface area contributed by atoms with Gasteiger partial charge in [0.05, 0.1) is 25.4 Å². The van der Waals surface area contributed by atoms with Crippen LogP contribution in [0.4, 0.5) is 0 Å². The molecule has 0 saturated heterocycles. The van der Waals surface area contributed by atoms with Crippen LogP contribution in [-0.2, 0) is 9.47 Å². The molecule has 0 aromatic heterocycles. The Hall–Kier alpha value is -0.160. The highest BCUT2D eigenvalue weighted by Gasteiger charge is 2.11. The maximum Gasteiger partial charge on any atom is 0.0799 e. The molecule has 0 amide bonds. The van der Waals surface area contributed by atoms with Crippen LogP contribution in [0.1, 0.15) is 26.2 Å². The zero-order valence-electron chi connectivity index (χ0n) is 9.11. The summed E-state index contributed by atoms with van der Waals surface area (Å²) in [6.07, 6.45) is 1.19. The average Bonchev–Trinajstić information content (AvgIpc) is 2.13. The number of unbranched alkanes of at least 4 members (excludes halogenated alkanes) is 1. The van der Waals surface area contributed by atoms with Gasteiger partial charge in [0, 0.05) is 20.1 Å². The van der Waals surface area contributed by atoms with Crippen LogP contribution in [0.2, 0.25) is 0 Å². The molecular formula is C10H22O4. The van der Waals surface area contributed by atoms with Gasteiger partial charge in [-0.2, -0.15) is 0 Å². The monoisotopic (exact) mass is 206 g/mol. The highest BCUT2D eigenvalue weighted by molar-refractivity contribution is 4.62. The molecule has 0 saturated carbocycles. The van der Waals surface area contributed by atoms with E-state index in [2.05, 4.69) is 6.92 Å². The molecule has 0 aliphatic heterocycles. The Morgan fingerprint density at radius 1 is 1.14 bits per heavy atom. The van der Waals surface area contributed by atoms with Gasteiger partial charge in [-0.3, -0.25) is 0 Å². The van der Waals surface area contributed by atoms with Gasteiger partial charge in [-0.05, 0) is 6.42 Å². The second kappa shape index (κ2) is 9.40. The molecule has 2 unspecified atom stereocenters. The predicted molar refractivity (Wildman–Crippen MR) is 54.2 cm³/mol. The molecule has 2 N–H and O–H groups in total. The van der Waals surface area contributed by atoms with Crippen LogP contribution in [0.5, 0.6) is 0 Å². The molecule has 2 atom stereocenters. The number of ether oxygens (including phenoxy) is 2. The maximum atomic E-state index is 9.40. The fourth-order valence-corrected chi connectivity index (χ4v) is 1.11. The van der Waals surface area contributed by atoms with Crippen LogP contribution in [0, 0.1) is 0 Å². The Morgan fingerprint density at radius 3 is 2.36 bits per heavy atom. The van der Waals surface area contributed by atoms with E-state index >= 15 is 0 Å². The fourth-order valence-electron chi connectivity index (χ4n) is 1.11. The molecule has 0 aromatic carbocycles. The summed E-state index contributed by atoms with van der Waals surface area (Å²) in [5.74, 6) is 0. The maximum absolute atomic E-state index is 9.40. The molecule has 4 heteroatoms. The lowest BCUT2D eigenvalue weighted by Gasteiger charge is -2.14. The summed E-state index contributed by atoms with van der Waals surface area (Å²) < 4.78 is 9.96. The van der Waals surface area contributed by atoms with Crippen LogP contribution in [0.15, 0.2) is 0 Å².